The maximum Gasteiger partial charge on any atom is 0.308 e. The van der Waals surface area contributed by atoms with Gasteiger partial charge >= 0.3 is 5.97 Å². The van der Waals surface area contributed by atoms with Crippen LogP contribution in [0.15, 0.2) is 5.38 Å². The summed E-state index contributed by atoms with van der Waals surface area (Å²) in [6.45, 7) is 5.16. The number of carbonyl (C=O) groups excluding carboxylic acids is 1. The average molecular weight is 272 g/mol. The summed E-state index contributed by atoms with van der Waals surface area (Å²) in [6.07, 6.45) is -0.664. The van der Waals surface area contributed by atoms with Gasteiger partial charge in [-0.1, -0.05) is 0 Å². The number of aliphatic hydroxyl groups is 1. The predicted octanol–water partition coefficient (Wildman–Crippen LogP) is 1.20. The molecule has 0 fully saturated rings. The van der Waals surface area contributed by atoms with E-state index in [1.807, 2.05) is 24.3 Å². The molecule has 0 amide bonds. The van der Waals surface area contributed by atoms with Crippen molar-refractivity contribution in [1.82, 2.24) is 9.88 Å². The maximum atomic E-state index is 11.2. The molecule has 1 aromatic rings. The van der Waals surface area contributed by atoms with Gasteiger partial charge in [-0.2, -0.15) is 0 Å². The number of aromatic nitrogens is 1. The number of aliphatic hydroxyl groups excluding tert-OH is 1. The van der Waals surface area contributed by atoms with Gasteiger partial charge in [0.2, 0.25) is 0 Å². The smallest absolute Gasteiger partial charge is 0.308 e. The van der Waals surface area contributed by atoms with Crippen LogP contribution in [0.1, 0.15) is 24.0 Å². The summed E-state index contributed by atoms with van der Waals surface area (Å²) < 4.78 is 4.79. The second-order valence-electron chi connectivity index (χ2n) is 4.22. The third-order valence-electron chi connectivity index (χ3n) is 2.33. The van der Waals surface area contributed by atoms with Gasteiger partial charge in [0, 0.05) is 18.5 Å². The van der Waals surface area contributed by atoms with Crippen molar-refractivity contribution >= 4 is 17.3 Å². The van der Waals surface area contributed by atoms with E-state index in [2.05, 4.69) is 4.98 Å². The molecule has 5 nitrogen and oxygen atoms in total. The fourth-order valence-corrected chi connectivity index (χ4v) is 2.26. The van der Waals surface area contributed by atoms with E-state index in [9.17, 15) is 9.90 Å². The van der Waals surface area contributed by atoms with E-state index in [4.69, 9.17) is 4.74 Å². The van der Waals surface area contributed by atoms with E-state index in [1.165, 1.54) is 0 Å². The fraction of sp³-hybridized carbons (Fsp3) is 0.667. The number of hydrogen-bond acceptors (Lipinski definition) is 6. The van der Waals surface area contributed by atoms with Crippen molar-refractivity contribution in [2.45, 2.75) is 32.9 Å². The molecule has 0 aliphatic rings. The average Bonchev–Trinajstić information content (AvgIpc) is 2.63. The SMILES string of the molecule is CCOC(=O)CC(O)CN(C)Cc1csc(C)n1. The first kappa shape index (κ1) is 15.1. The number of hydrogen-bond donors (Lipinski definition) is 1. The van der Waals surface area contributed by atoms with Crippen LogP contribution in [-0.2, 0) is 16.1 Å². The van der Waals surface area contributed by atoms with Crippen LogP contribution in [0.5, 0.6) is 0 Å². The Hall–Kier alpha value is -0.980. The third-order valence-corrected chi connectivity index (χ3v) is 3.15. The topological polar surface area (TPSA) is 62.7 Å². The maximum absolute atomic E-state index is 11.2. The number of nitrogens with zero attached hydrogens (tertiary/aromatic N) is 2. The van der Waals surface area contributed by atoms with Crippen LogP contribution in [0, 0.1) is 6.92 Å². The van der Waals surface area contributed by atoms with E-state index in [0.717, 1.165) is 10.7 Å². The molecular weight excluding hydrogens is 252 g/mol. The van der Waals surface area contributed by atoms with Crippen LogP contribution < -0.4 is 0 Å². The van der Waals surface area contributed by atoms with Crippen LogP contribution in [0.4, 0.5) is 0 Å². The van der Waals surface area contributed by atoms with E-state index in [0.29, 0.717) is 19.7 Å². The molecule has 6 heteroatoms. The van der Waals surface area contributed by atoms with Gasteiger partial charge in [-0.05, 0) is 20.9 Å². The summed E-state index contributed by atoms with van der Waals surface area (Å²) in [6, 6.07) is 0. The monoisotopic (exact) mass is 272 g/mol. The lowest BCUT2D eigenvalue weighted by molar-refractivity contribution is -0.145. The first-order valence-electron chi connectivity index (χ1n) is 5.94. The third kappa shape index (κ3) is 5.57. The lowest BCUT2D eigenvalue weighted by Crippen LogP contribution is -2.31. The van der Waals surface area contributed by atoms with E-state index in [1.54, 1.807) is 18.3 Å². The molecule has 1 N–H and O–H groups in total. The number of thiazole rings is 1. The summed E-state index contributed by atoms with van der Waals surface area (Å²) >= 11 is 1.61. The first-order chi connectivity index (χ1) is 8.51. The highest BCUT2D eigenvalue weighted by Gasteiger charge is 2.14. The van der Waals surface area contributed by atoms with Crippen LogP contribution in [0.2, 0.25) is 0 Å². The molecule has 1 heterocycles. The second-order valence-corrected chi connectivity index (χ2v) is 5.28. The lowest BCUT2D eigenvalue weighted by Gasteiger charge is -2.19. The van der Waals surface area contributed by atoms with Gasteiger partial charge in [0.25, 0.3) is 0 Å². The second kappa shape index (κ2) is 7.45. The Bertz CT molecular complexity index is 381. The highest BCUT2D eigenvalue weighted by atomic mass is 32.1. The minimum Gasteiger partial charge on any atom is -0.466 e. The minimum absolute atomic E-state index is 0.0360. The number of likely N-dealkylation sites (N-methyl/N-ethyl adjacent to an activating group) is 1. The van der Waals surface area contributed by atoms with Crippen LogP contribution in [-0.4, -0.2) is 47.3 Å². The van der Waals surface area contributed by atoms with Crippen LogP contribution >= 0.6 is 11.3 Å². The number of ether oxygens (including phenoxy) is 1. The van der Waals surface area contributed by atoms with Crippen molar-refractivity contribution < 1.29 is 14.6 Å². The van der Waals surface area contributed by atoms with Gasteiger partial charge in [0.1, 0.15) is 0 Å². The molecule has 0 aliphatic heterocycles. The minimum atomic E-state index is -0.700. The zero-order valence-corrected chi connectivity index (χ0v) is 11.9. The van der Waals surface area contributed by atoms with Crippen molar-refractivity contribution in [3.8, 4) is 0 Å². The van der Waals surface area contributed by atoms with Crippen molar-refractivity contribution in [3.05, 3.63) is 16.1 Å². The van der Waals surface area contributed by atoms with Gasteiger partial charge in [-0.25, -0.2) is 4.98 Å². The highest BCUT2D eigenvalue weighted by molar-refractivity contribution is 7.09. The zero-order valence-electron chi connectivity index (χ0n) is 11.0. The molecule has 0 aromatic carbocycles. The molecule has 1 rings (SSSR count). The highest BCUT2D eigenvalue weighted by Crippen LogP contribution is 2.10. The summed E-state index contributed by atoms with van der Waals surface area (Å²) in [4.78, 5) is 17.5. The Kier molecular flexibility index (Phi) is 6.24. The quantitative estimate of drug-likeness (QED) is 0.756. The Labute approximate surface area is 111 Å². The Morgan fingerprint density at radius 3 is 2.94 bits per heavy atom. The number of esters is 1. The molecule has 0 aliphatic carbocycles. The molecule has 0 spiro atoms. The van der Waals surface area contributed by atoms with Crippen molar-refractivity contribution in [1.29, 1.82) is 0 Å². The normalized spacial score (nSPS) is 12.7. The van der Waals surface area contributed by atoms with Gasteiger partial charge < -0.3 is 9.84 Å². The molecule has 1 atom stereocenters. The van der Waals surface area contributed by atoms with Crippen molar-refractivity contribution in [2.75, 3.05) is 20.2 Å². The first-order valence-corrected chi connectivity index (χ1v) is 6.82. The van der Waals surface area contributed by atoms with Crippen LogP contribution in [0.3, 0.4) is 0 Å². The van der Waals surface area contributed by atoms with Crippen molar-refractivity contribution in [2.24, 2.45) is 0 Å². The van der Waals surface area contributed by atoms with Crippen LogP contribution in [0.25, 0.3) is 0 Å². The number of aryl methyl sites for hydroxylation is 1. The van der Waals surface area contributed by atoms with Crippen molar-refractivity contribution in [3.63, 3.8) is 0 Å². The van der Waals surface area contributed by atoms with Gasteiger partial charge in [-0.3, -0.25) is 9.69 Å². The molecule has 0 saturated heterocycles. The molecule has 0 radical (unpaired) electrons. The summed E-state index contributed by atoms with van der Waals surface area (Å²) in [5.41, 5.74) is 0.989. The summed E-state index contributed by atoms with van der Waals surface area (Å²) in [7, 11) is 1.89. The number of rotatable bonds is 7. The van der Waals surface area contributed by atoms with Gasteiger partial charge in [0.05, 0.1) is 29.8 Å². The Morgan fingerprint density at radius 2 is 2.39 bits per heavy atom. The van der Waals surface area contributed by atoms with E-state index in [-0.39, 0.29) is 12.4 Å². The molecule has 1 aromatic heterocycles. The summed E-state index contributed by atoms with van der Waals surface area (Å²) in [5, 5.41) is 12.8. The Balaban J connectivity index is 2.30. The molecule has 18 heavy (non-hydrogen) atoms. The number of carbonyl (C=O) groups is 1. The molecule has 102 valence electrons. The standard InChI is InChI=1S/C12H20N2O3S/c1-4-17-12(16)5-11(15)7-14(3)6-10-8-18-9(2)13-10/h8,11,15H,4-7H2,1-3H3. The zero-order chi connectivity index (χ0) is 13.5. The molecule has 1 unspecified atom stereocenters. The lowest BCUT2D eigenvalue weighted by atomic mass is 10.2. The predicted molar refractivity (Wildman–Crippen MR) is 70.4 cm³/mol. The summed E-state index contributed by atoms with van der Waals surface area (Å²) in [5.74, 6) is -0.358. The Morgan fingerprint density at radius 1 is 1.67 bits per heavy atom. The van der Waals surface area contributed by atoms with Gasteiger partial charge in [-0.15, -0.1) is 11.3 Å². The van der Waals surface area contributed by atoms with Gasteiger partial charge in [0.15, 0.2) is 0 Å². The largest absolute Gasteiger partial charge is 0.466 e. The van der Waals surface area contributed by atoms with E-state index >= 15 is 0 Å². The molecule has 0 bridgehead atoms. The van der Waals surface area contributed by atoms with E-state index < -0.39 is 6.10 Å². The molecular formula is C12H20N2O3S. The molecule has 0 saturated carbocycles. The fourth-order valence-electron chi connectivity index (χ4n) is 1.66.